The van der Waals surface area contributed by atoms with Crippen molar-refractivity contribution < 1.29 is 23.1 Å². The molecule has 9 heteroatoms. The van der Waals surface area contributed by atoms with E-state index in [0.29, 0.717) is 35.6 Å². The first kappa shape index (κ1) is 25.7. The highest BCUT2D eigenvalue weighted by atomic mass is 32.2. The molecule has 1 amide bonds. The molecule has 196 valence electrons. The Morgan fingerprint density at radius 2 is 1.63 bits per heavy atom. The van der Waals surface area contributed by atoms with Gasteiger partial charge in [0.15, 0.2) is 0 Å². The van der Waals surface area contributed by atoms with Gasteiger partial charge in [-0.1, -0.05) is 67.6 Å². The molecule has 5 rings (SSSR count). The number of rotatable bonds is 9. The lowest BCUT2D eigenvalue weighted by molar-refractivity contribution is -0.133. The van der Waals surface area contributed by atoms with Crippen LogP contribution < -0.4 is 10.1 Å². The minimum Gasteiger partial charge on any atom is -0.478 e. The van der Waals surface area contributed by atoms with E-state index < -0.39 is 21.9 Å². The summed E-state index contributed by atoms with van der Waals surface area (Å²) in [6.07, 6.45) is 2.52. The van der Waals surface area contributed by atoms with E-state index in [1.54, 1.807) is 48.5 Å². The van der Waals surface area contributed by atoms with Gasteiger partial charge >= 0.3 is 5.97 Å². The first-order chi connectivity index (χ1) is 18.3. The summed E-state index contributed by atoms with van der Waals surface area (Å²) in [5, 5.41) is 11.9. The monoisotopic (exact) mass is 531 g/mol. The van der Waals surface area contributed by atoms with Crippen molar-refractivity contribution in [3.8, 4) is 11.1 Å². The number of hydrazine groups is 1. The number of likely N-dealkylation sites (N-methyl/N-ethyl adjacent to an activating group) is 1. The molecule has 0 saturated heterocycles. The van der Waals surface area contributed by atoms with Crippen molar-refractivity contribution in [1.29, 1.82) is 0 Å². The maximum Gasteiger partial charge on any atom is 0.335 e. The SMILES string of the molecule is CCN1NC(C2CC2)=C(C(=O)O)C1Cc1ccc(-c2ccccc2S(=O)(=O)NC(=O)c2ccccc2)cc1. The van der Waals surface area contributed by atoms with Crippen LogP contribution in [0, 0.1) is 5.92 Å². The zero-order valence-corrected chi connectivity index (χ0v) is 21.7. The van der Waals surface area contributed by atoms with Crippen LogP contribution >= 0.6 is 0 Å². The molecular weight excluding hydrogens is 502 g/mol. The van der Waals surface area contributed by atoms with E-state index in [-0.39, 0.29) is 16.5 Å². The second-order valence-corrected chi connectivity index (χ2v) is 11.2. The molecule has 2 aliphatic rings. The summed E-state index contributed by atoms with van der Waals surface area (Å²) in [4.78, 5) is 24.7. The van der Waals surface area contributed by atoms with Crippen LogP contribution in [0.15, 0.2) is 95.0 Å². The Morgan fingerprint density at radius 1 is 0.974 bits per heavy atom. The van der Waals surface area contributed by atoms with Crippen molar-refractivity contribution in [2.45, 2.75) is 37.1 Å². The lowest BCUT2D eigenvalue weighted by Crippen LogP contribution is -2.41. The highest BCUT2D eigenvalue weighted by Gasteiger charge is 2.41. The number of aliphatic carboxylic acids is 1. The van der Waals surface area contributed by atoms with E-state index in [1.165, 1.54) is 6.07 Å². The summed E-state index contributed by atoms with van der Waals surface area (Å²) in [5.74, 6) is -1.30. The second-order valence-electron chi connectivity index (χ2n) is 9.52. The summed E-state index contributed by atoms with van der Waals surface area (Å²) in [6.45, 7) is 2.65. The number of amides is 1. The average Bonchev–Trinajstić information content (AvgIpc) is 3.70. The number of benzene rings is 3. The van der Waals surface area contributed by atoms with Crippen molar-refractivity contribution in [3.63, 3.8) is 0 Å². The molecule has 0 bridgehead atoms. The van der Waals surface area contributed by atoms with Crippen molar-refractivity contribution in [2.75, 3.05) is 6.54 Å². The lowest BCUT2D eigenvalue weighted by Gasteiger charge is -2.24. The number of hydrogen-bond acceptors (Lipinski definition) is 6. The highest BCUT2D eigenvalue weighted by Crippen LogP contribution is 2.41. The van der Waals surface area contributed by atoms with Crippen molar-refractivity contribution in [1.82, 2.24) is 15.2 Å². The number of carbonyl (C=O) groups is 2. The molecule has 1 unspecified atom stereocenters. The van der Waals surface area contributed by atoms with Crippen LogP contribution in [0.3, 0.4) is 0 Å². The van der Waals surface area contributed by atoms with E-state index in [9.17, 15) is 23.1 Å². The van der Waals surface area contributed by atoms with Gasteiger partial charge in [0.05, 0.1) is 16.5 Å². The fraction of sp³-hybridized carbons (Fsp3) is 0.241. The van der Waals surface area contributed by atoms with E-state index in [2.05, 4.69) is 10.1 Å². The van der Waals surface area contributed by atoms with Gasteiger partial charge in [0.25, 0.3) is 15.9 Å². The largest absolute Gasteiger partial charge is 0.478 e. The highest BCUT2D eigenvalue weighted by molar-refractivity contribution is 7.90. The molecule has 1 saturated carbocycles. The van der Waals surface area contributed by atoms with Gasteiger partial charge < -0.3 is 10.5 Å². The average molecular weight is 532 g/mol. The number of carbonyl (C=O) groups excluding carboxylic acids is 1. The molecule has 3 N–H and O–H groups in total. The Morgan fingerprint density at radius 3 is 2.26 bits per heavy atom. The van der Waals surface area contributed by atoms with Gasteiger partial charge in [-0.3, -0.25) is 4.79 Å². The number of sulfonamides is 1. The van der Waals surface area contributed by atoms with Gasteiger partial charge in [-0.05, 0) is 48.6 Å². The second kappa shape index (κ2) is 10.4. The standard InChI is InChI=1S/C29H29N3O5S/c1-2-32-24(26(29(34)35)27(30-32)21-16-17-21)18-19-12-14-20(15-13-19)23-10-6-7-11-25(23)38(36,37)31-28(33)22-8-4-3-5-9-22/h3-15,21,24,30H,2,16-18H2,1H3,(H,31,33)(H,34,35). The number of hydrogen-bond donors (Lipinski definition) is 3. The predicted molar refractivity (Wildman–Crippen MR) is 143 cm³/mol. The maximum atomic E-state index is 13.2. The van der Waals surface area contributed by atoms with Gasteiger partial charge in [0.2, 0.25) is 0 Å². The van der Waals surface area contributed by atoms with Crippen LogP contribution in [-0.2, 0) is 21.2 Å². The van der Waals surface area contributed by atoms with Crippen LogP contribution in [0.2, 0.25) is 0 Å². The van der Waals surface area contributed by atoms with Crippen molar-refractivity contribution >= 4 is 21.9 Å². The van der Waals surface area contributed by atoms with Crippen LogP contribution in [0.5, 0.6) is 0 Å². The molecule has 0 radical (unpaired) electrons. The fourth-order valence-electron chi connectivity index (χ4n) is 4.89. The smallest absolute Gasteiger partial charge is 0.335 e. The molecule has 1 aliphatic heterocycles. The molecule has 1 fully saturated rings. The molecule has 1 aliphatic carbocycles. The number of carboxylic acid groups (broad SMARTS) is 1. The van der Waals surface area contributed by atoms with E-state index in [4.69, 9.17) is 0 Å². The normalized spacial score (nSPS) is 17.8. The summed E-state index contributed by atoms with van der Waals surface area (Å²) in [6, 6.07) is 21.9. The summed E-state index contributed by atoms with van der Waals surface area (Å²) in [5.41, 5.74) is 6.91. The number of nitrogens with zero attached hydrogens (tertiary/aromatic N) is 1. The Kier molecular flexibility index (Phi) is 7.05. The summed E-state index contributed by atoms with van der Waals surface area (Å²) in [7, 11) is -4.14. The Labute approximate surface area is 222 Å². The summed E-state index contributed by atoms with van der Waals surface area (Å²) < 4.78 is 28.5. The minimum absolute atomic E-state index is 0.000598. The number of allylic oxidation sites excluding steroid dienone is 1. The zero-order chi connectivity index (χ0) is 26.9. The van der Waals surface area contributed by atoms with Gasteiger partial charge in [-0.2, -0.15) is 0 Å². The van der Waals surface area contributed by atoms with Crippen LogP contribution in [0.4, 0.5) is 0 Å². The van der Waals surface area contributed by atoms with Gasteiger partial charge in [0.1, 0.15) is 0 Å². The van der Waals surface area contributed by atoms with Crippen LogP contribution in [0.1, 0.15) is 35.7 Å². The minimum atomic E-state index is -4.14. The van der Waals surface area contributed by atoms with E-state index in [1.807, 2.05) is 36.2 Å². The molecule has 0 aromatic heterocycles. The third kappa shape index (κ3) is 5.20. The lowest BCUT2D eigenvalue weighted by atomic mass is 9.95. The third-order valence-electron chi connectivity index (χ3n) is 6.95. The first-order valence-corrected chi connectivity index (χ1v) is 14.1. The van der Waals surface area contributed by atoms with Gasteiger partial charge in [-0.25, -0.2) is 22.9 Å². The maximum absolute atomic E-state index is 13.2. The van der Waals surface area contributed by atoms with Crippen LogP contribution in [0.25, 0.3) is 11.1 Å². The number of nitrogens with one attached hydrogen (secondary N) is 2. The Bertz CT molecular complexity index is 1500. The molecule has 8 nitrogen and oxygen atoms in total. The van der Waals surface area contributed by atoms with Crippen molar-refractivity contribution in [3.05, 3.63) is 101 Å². The quantitative estimate of drug-likeness (QED) is 0.383. The molecule has 1 heterocycles. The third-order valence-corrected chi connectivity index (χ3v) is 8.34. The fourth-order valence-corrected chi connectivity index (χ4v) is 6.09. The first-order valence-electron chi connectivity index (χ1n) is 12.6. The Hall–Kier alpha value is -3.95. The topological polar surface area (TPSA) is 116 Å². The van der Waals surface area contributed by atoms with Crippen LogP contribution in [-0.4, -0.2) is 43.0 Å². The van der Waals surface area contributed by atoms with Gasteiger partial charge in [0, 0.05) is 29.3 Å². The summed E-state index contributed by atoms with van der Waals surface area (Å²) >= 11 is 0. The molecule has 38 heavy (non-hydrogen) atoms. The molecular formula is C29H29N3O5S. The molecule has 3 aromatic rings. The van der Waals surface area contributed by atoms with Crippen molar-refractivity contribution in [2.24, 2.45) is 5.92 Å². The number of carboxylic acids is 1. The molecule has 0 spiro atoms. The van der Waals surface area contributed by atoms with Gasteiger partial charge in [-0.15, -0.1) is 0 Å². The van der Waals surface area contributed by atoms with E-state index >= 15 is 0 Å². The predicted octanol–water partition coefficient (Wildman–Crippen LogP) is 3.97. The Balaban J connectivity index is 1.39. The van der Waals surface area contributed by atoms with E-state index in [0.717, 1.165) is 24.1 Å². The molecule has 3 aromatic carbocycles. The zero-order valence-electron chi connectivity index (χ0n) is 20.9. The molecule has 1 atom stereocenters.